The Morgan fingerprint density at radius 3 is 2.86 bits per heavy atom. The molecule has 1 aliphatic heterocycles. The third kappa shape index (κ3) is 2.42. The number of piperidine rings is 1. The average Bonchev–Trinajstić information content (AvgIpc) is 3.10. The van der Waals surface area contributed by atoms with Crippen molar-refractivity contribution in [3.05, 3.63) is 23.8 Å². The van der Waals surface area contributed by atoms with Crippen molar-refractivity contribution >= 4 is 0 Å². The molecule has 0 aromatic carbocycles. The minimum atomic E-state index is 0.832. The summed E-state index contributed by atoms with van der Waals surface area (Å²) in [4.78, 5) is 0. The lowest BCUT2D eigenvalue weighted by atomic mass is 9.62. The van der Waals surface area contributed by atoms with Gasteiger partial charge in [-0.3, -0.25) is 0 Å². The zero-order valence-corrected chi connectivity index (χ0v) is 13.7. The summed E-state index contributed by atoms with van der Waals surface area (Å²) in [5.74, 6) is 5.81. The Hall–Kier alpha value is -0.560. The first kappa shape index (κ1) is 14.1. The zero-order valence-electron chi connectivity index (χ0n) is 13.7. The topological polar surface area (TPSA) is 12.0 Å². The summed E-state index contributed by atoms with van der Waals surface area (Å²) in [6, 6.07) is 0.832. The Labute approximate surface area is 130 Å². The maximum absolute atomic E-state index is 3.87. The van der Waals surface area contributed by atoms with Gasteiger partial charge >= 0.3 is 0 Å². The van der Waals surface area contributed by atoms with Gasteiger partial charge in [-0.15, -0.1) is 0 Å². The van der Waals surface area contributed by atoms with E-state index >= 15 is 0 Å². The molecule has 3 aliphatic carbocycles. The molecule has 0 amide bonds. The van der Waals surface area contributed by atoms with Gasteiger partial charge in [-0.2, -0.15) is 0 Å². The summed E-state index contributed by atoms with van der Waals surface area (Å²) < 4.78 is 0. The largest absolute Gasteiger partial charge is 0.314 e. The van der Waals surface area contributed by atoms with Crippen LogP contribution in [0.2, 0.25) is 0 Å². The molecule has 1 heteroatoms. The van der Waals surface area contributed by atoms with Gasteiger partial charge in [0.25, 0.3) is 0 Å². The van der Waals surface area contributed by atoms with Gasteiger partial charge in [0.15, 0.2) is 0 Å². The first-order valence-electron chi connectivity index (χ1n) is 9.32. The highest BCUT2D eigenvalue weighted by Crippen LogP contribution is 2.55. The van der Waals surface area contributed by atoms with Crippen molar-refractivity contribution in [1.82, 2.24) is 5.32 Å². The average molecular weight is 285 g/mol. The van der Waals surface area contributed by atoms with Crippen molar-refractivity contribution in [1.29, 1.82) is 0 Å². The summed E-state index contributed by atoms with van der Waals surface area (Å²) in [5, 5.41) is 3.87. The van der Waals surface area contributed by atoms with E-state index in [1.54, 1.807) is 5.57 Å². The van der Waals surface area contributed by atoms with E-state index in [4.69, 9.17) is 0 Å². The van der Waals surface area contributed by atoms with E-state index in [-0.39, 0.29) is 0 Å². The van der Waals surface area contributed by atoms with E-state index in [1.165, 1.54) is 45.1 Å². The standard InChI is InChI=1S/C20H31N/c1-13-10-18-14(2)16-8-5-9-21-20(16)12-19(18)17(13)11-15-6-3-4-7-15/h3-4,6,13-14,16-21H,5,7-12H2,1-2H3. The fourth-order valence-corrected chi connectivity index (χ4v) is 6.25. The highest BCUT2D eigenvalue weighted by atomic mass is 14.9. The number of nitrogens with one attached hydrogen (secondary N) is 1. The molecule has 3 fully saturated rings. The molecular weight excluding hydrogens is 254 g/mol. The molecule has 7 atom stereocenters. The van der Waals surface area contributed by atoms with Crippen LogP contribution in [0.4, 0.5) is 0 Å². The molecule has 0 radical (unpaired) electrons. The van der Waals surface area contributed by atoms with Crippen molar-refractivity contribution in [2.45, 2.75) is 58.4 Å². The Kier molecular flexibility index (Phi) is 3.73. The van der Waals surface area contributed by atoms with Gasteiger partial charge in [0.05, 0.1) is 0 Å². The van der Waals surface area contributed by atoms with Crippen LogP contribution >= 0.6 is 0 Å². The lowest BCUT2D eigenvalue weighted by Crippen LogP contribution is -2.51. The molecule has 0 aromatic heterocycles. The fourth-order valence-electron chi connectivity index (χ4n) is 6.25. The van der Waals surface area contributed by atoms with Crippen LogP contribution < -0.4 is 5.32 Å². The first-order valence-corrected chi connectivity index (χ1v) is 9.32. The summed E-state index contributed by atoms with van der Waals surface area (Å²) in [6.07, 6.45) is 15.4. The van der Waals surface area contributed by atoms with Crippen LogP contribution in [0, 0.1) is 35.5 Å². The number of hydrogen-bond acceptors (Lipinski definition) is 1. The first-order chi connectivity index (χ1) is 10.2. The molecule has 21 heavy (non-hydrogen) atoms. The molecule has 0 spiro atoms. The van der Waals surface area contributed by atoms with Crippen LogP contribution in [-0.2, 0) is 0 Å². The minimum Gasteiger partial charge on any atom is -0.314 e. The van der Waals surface area contributed by atoms with Crippen molar-refractivity contribution in [2.24, 2.45) is 35.5 Å². The summed E-state index contributed by atoms with van der Waals surface area (Å²) in [7, 11) is 0. The Bertz CT molecular complexity index is 449. The van der Waals surface area contributed by atoms with Crippen molar-refractivity contribution in [2.75, 3.05) is 6.54 Å². The predicted molar refractivity (Wildman–Crippen MR) is 89.0 cm³/mol. The van der Waals surface area contributed by atoms with Crippen LogP contribution in [0.5, 0.6) is 0 Å². The molecule has 2 saturated carbocycles. The summed E-state index contributed by atoms with van der Waals surface area (Å²) in [5.41, 5.74) is 1.69. The van der Waals surface area contributed by atoms with Gasteiger partial charge in [-0.05, 0) is 80.6 Å². The minimum absolute atomic E-state index is 0.832. The highest BCUT2D eigenvalue weighted by molar-refractivity contribution is 5.24. The number of fused-ring (bicyclic) bond motifs is 2. The van der Waals surface area contributed by atoms with E-state index in [2.05, 4.69) is 37.4 Å². The zero-order chi connectivity index (χ0) is 14.4. The van der Waals surface area contributed by atoms with Gasteiger partial charge in [0.2, 0.25) is 0 Å². The molecule has 1 saturated heterocycles. The van der Waals surface area contributed by atoms with Crippen LogP contribution in [-0.4, -0.2) is 12.6 Å². The quantitative estimate of drug-likeness (QED) is 0.784. The monoisotopic (exact) mass is 285 g/mol. The van der Waals surface area contributed by atoms with E-state index in [0.717, 1.165) is 41.5 Å². The third-order valence-corrected chi connectivity index (χ3v) is 7.34. The maximum atomic E-state index is 3.87. The molecule has 0 bridgehead atoms. The molecular formula is C20H31N. The maximum Gasteiger partial charge on any atom is 0.0101 e. The van der Waals surface area contributed by atoms with Gasteiger partial charge < -0.3 is 5.32 Å². The lowest BCUT2D eigenvalue weighted by molar-refractivity contribution is 0.0486. The van der Waals surface area contributed by atoms with Gasteiger partial charge in [0.1, 0.15) is 0 Å². The Morgan fingerprint density at radius 1 is 1.14 bits per heavy atom. The van der Waals surface area contributed by atoms with E-state index in [1.807, 2.05) is 0 Å². The lowest BCUT2D eigenvalue weighted by Gasteiger charge is -2.48. The summed E-state index contributed by atoms with van der Waals surface area (Å²) >= 11 is 0. The van der Waals surface area contributed by atoms with Crippen LogP contribution in [0.25, 0.3) is 0 Å². The van der Waals surface area contributed by atoms with Crippen molar-refractivity contribution in [3.63, 3.8) is 0 Å². The Morgan fingerprint density at radius 2 is 2.05 bits per heavy atom. The highest BCUT2D eigenvalue weighted by Gasteiger charge is 2.50. The second-order valence-electron chi connectivity index (χ2n) is 8.33. The fraction of sp³-hybridized carbons (Fsp3) is 0.800. The second-order valence-corrected chi connectivity index (χ2v) is 8.33. The van der Waals surface area contributed by atoms with E-state index in [9.17, 15) is 0 Å². The van der Waals surface area contributed by atoms with Crippen LogP contribution in [0.3, 0.4) is 0 Å². The van der Waals surface area contributed by atoms with E-state index in [0.29, 0.717) is 0 Å². The Balaban J connectivity index is 1.52. The molecule has 116 valence electrons. The number of allylic oxidation sites excluding steroid dienone is 4. The number of hydrogen-bond donors (Lipinski definition) is 1. The van der Waals surface area contributed by atoms with Crippen LogP contribution in [0.1, 0.15) is 52.4 Å². The third-order valence-electron chi connectivity index (χ3n) is 7.34. The molecule has 1 N–H and O–H groups in total. The van der Waals surface area contributed by atoms with Gasteiger partial charge in [0, 0.05) is 6.04 Å². The molecule has 0 aromatic rings. The smallest absolute Gasteiger partial charge is 0.0101 e. The van der Waals surface area contributed by atoms with Crippen molar-refractivity contribution < 1.29 is 0 Å². The second kappa shape index (κ2) is 5.57. The molecule has 7 unspecified atom stereocenters. The normalized spacial score (nSPS) is 48.9. The number of rotatable bonds is 2. The van der Waals surface area contributed by atoms with Gasteiger partial charge in [-0.25, -0.2) is 0 Å². The summed E-state index contributed by atoms with van der Waals surface area (Å²) in [6.45, 7) is 6.38. The molecule has 1 heterocycles. The molecule has 1 nitrogen and oxygen atoms in total. The predicted octanol–water partition coefficient (Wildman–Crippen LogP) is 4.56. The van der Waals surface area contributed by atoms with Crippen molar-refractivity contribution in [3.8, 4) is 0 Å². The SMILES string of the molecule is CC1CC2C(C)C3CCCNC3CC2C1CC1=CC=CC1. The van der Waals surface area contributed by atoms with Gasteiger partial charge in [-0.1, -0.05) is 37.6 Å². The van der Waals surface area contributed by atoms with Crippen LogP contribution in [0.15, 0.2) is 23.8 Å². The molecule has 4 rings (SSSR count). The molecule has 4 aliphatic rings. The van der Waals surface area contributed by atoms with E-state index < -0.39 is 0 Å².